The van der Waals surface area contributed by atoms with E-state index in [0.29, 0.717) is 24.2 Å². The first-order valence-electron chi connectivity index (χ1n) is 11.9. The Morgan fingerprint density at radius 3 is 2.17 bits per heavy atom. The highest BCUT2D eigenvalue weighted by molar-refractivity contribution is 5.40. The summed E-state index contributed by atoms with van der Waals surface area (Å²) in [6.45, 7) is 1.99. The molecule has 0 aliphatic heterocycles. The van der Waals surface area contributed by atoms with E-state index in [9.17, 15) is 13.2 Å². The Kier molecular flexibility index (Phi) is 8.91. The van der Waals surface area contributed by atoms with E-state index in [1.165, 1.54) is 50.7 Å². The summed E-state index contributed by atoms with van der Waals surface area (Å²) in [5.41, 5.74) is 0.503. The summed E-state index contributed by atoms with van der Waals surface area (Å²) in [6.07, 6.45) is 15.5. The van der Waals surface area contributed by atoms with Crippen LogP contribution in [0.15, 0.2) is 24.5 Å². The molecule has 0 saturated heterocycles. The van der Waals surface area contributed by atoms with E-state index in [4.69, 9.17) is 0 Å². The highest BCUT2D eigenvalue weighted by Gasteiger charge is 2.24. The molecule has 0 radical (unpaired) electrons. The molecule has 2 fully saturated rings. The summed E-state index contributed by atoms with van der Waals surface area (Å²) in [4.78, 5) is 0. The molecule has 1 aromatic rings. The first-order chi connectivity index (χ1) is 14.6. The zero-order valence-electron chi connectivity index (χ0n) is 18.2. The maximum Gasteiger partial charge on any atom is 0.144 e. The fraction of sp³-hybridized carbons (Fsp3) is 0.630. The van der Waals surface area contributed by atoms with E-state index in [-0.39, 0.29) is 11.5 Å². The highest BCUT2D eigenvalue weighted by Crippen LogP contribution is 2.36. The van der Waals surface area contributed by atoms with Crippen molar-refractivity contribution < 1.29 is 13.2 Å². The Labute approximate surface area is 180 Å². The van der Waals surface area contributed by atoms with Crippen molar-refractivity contribution in [3.05, 3.63) is 47.3 Å². The van der Waals surface area contributed by atoms with Crippen LogP contribution in [0, 0.1) is 47.1 Å². The minimum atomic E-state index is -0.551. The van der Waals surface area contributed by atoms with Crippen LogP contribution in [0.2, 0.25) is 0 Å². The molecule has 30 heavy (non-hydrogen) atoms. The summed E-state index contributed by atoms with van der Waals surface area (Å²) < 4.78 is 40.9. The molecule has 0 amide bonds. The molecule has 0 nitrogen and oxygen atoms in total. The lowest BCUT2D eigenvalue weighted by atomic mass is 9.75. The summed E-state index contributed by atoms with van der Waals surface area (Å²) in [5, 5.41) is 0. The normalized spacial score (nSPS) is 27.1. The van der Waals surface area contributed by atoms with E-state index in [1.54, 1.807) is 6.08 Å². The van der Waals surface area contributed by atoms with Crippen LogP contribution in [0.1, 0.15) is 88.7 Å². The van der Waals surface area contributed by atoms with E-state index >= 15 is 0 Å². The van der Waals surface area contributed by atoms with E-state index in [2.05, 4.69) is 11.8 Å². The van der Waals surface area contributed by atoms with E-state index in [0.717, 1.165) is 43.9 Å². The highest BCUT2D eigenvalue weighted by atomic mass is 19.1. The number of rotatable bonds is 6. The van der Waals surface area contributed by atoms with Gasteiger partial charge in [0.1, 0.15) is 11.6 Å². The number of allylic oxidation sites excluding steroid dienone is 1. The van der Waals surface area contributed by atoms with Gasteiger partial charge in [-0.3, -0.25) is 0 Å². The molecular weight excluding hydrogens is 381 g/mol. The van der Waals surface area contributed by atoms with Gasteiger partial charge in [-0.25, -0.2) is 13.2 Å². The number of aryl methyl sites for hydroxylation is 1. The van der Waals surface area contributed by atoms with Crippen molar-refractivity contribution in [2.45, 2.75) is 84.0 Å². The van der Waals surface area contributed by atoms with Gasteiger partial charge in [0.25, 0.3) is 0 Å². The van der Waals surface area contributed by atoms with Gasteiger partial charge in [-0.15, -0.1) is 0 Å². The van der Waals surface area contributed by atoms with Gasteiger partial charge in [-0.1, -0.05) is 50.2 Å². The minimum Gasteiger partial charge on any atom is -0.216 e. The molecule has 0 aromatic heterocycles. The monoisotopic (exact) mass is 416 g/mol. The lowest BCUT2D eigenvalue weighted by Crippen LogP contribution is -2.17. The average molecular weight is 417 g/mol. The molecule has 2 aliphatic rings. The van der Waals surface area contributed by atoms with Gasteiger partial charge in [0.15, 0.2) is 0 Å². The molecule has 164 valence electrons. The van der Waals surface area contributed by atoms with Crippen LogP contribution in [0.3, 0.4) is 0 Å². The first kappa shape index (κ1) is 23.0. The molecule has 0 atom stereocenters. The molecule has 0 bridgehead atoms. The van der Waals surface area contributed by atoms with Gasteiger partial charge in [-0.05, 0) is 87.2 Å². The van der Waals surface area contributed by atoms with Crippen molar-refractivity contribution in [1.82, 2.24) is 0 Å². The third-order valence-corrected chi connectivity index (χ3v) is 7.16. The second kappa shape index (κ2) is 11.6. The predicted octanol–water partition coefficient (Wildman–Crippen LogP) is 8.15. The van der Waals surface area contributed by atoms with Crippen LogP contribution in [-0.4, -0.2) is 0 Å². The molecule has 0 spiro atoms. The topological polar surface area (TPSA) is 0 Å². The fourth-order valence-corrected chi connectivity index (χ4v) is 5.19. The second-order valence-electron chi connectivity index (χ2n) is 9.31. The molecule has 0 heterocycles. The van der Waals surface area contributed by atoms with Gasteiger partial charge in [-0.2, -0.15) is 0 Å². The maximum absolute atomic E-state index is 14.5. The van der Waals surface area contributed by atoms with Crippen LogP contribution in [0.4, 0.5) is 13.2 Å². The van der Waals surface area contributed by atoms with E-state index in [1.807, 2.05) is 6.92 Å². The van der Waals surface area contributed by atoms with E-state index < -0.39 is 11.6 Å². The van der Waals surface area contributed by atoms with Gasteiger partial charge < -0.3 is 0 Å². The molecule has 2 aliphatic carbocycles. The smallest absolute Gasteiger partial charge is 0.144 e. The summed E-state index contributed by atoms with van der Waals surface area (Å²) in [5.74, 6) is 7.21. The van der Waals surface area contributed by atoms with Crippen LogP contribution >= 0.6 is 0 Å². The molecule has 2 saturated carbocycles. The standard InChI is InChI=1S/C27H35F3/c1-2-3-24-15-17-26(29)25(27(24)30)16-14-22-8-6-20(7-9-22)4-5-21-10-12-23(13-11-21)18-19-28/h15,17-23H,2-13H2,1H3/b19-18+. The van der Waals surface area contributed by atoms with Gasteiger partial charge in [0.05, 0.1) is 11.9 Å². The number of hydrogen-bond donors (Lipinski definition) is 0. The third-order valence-electron chi connectivity index (χ3n) is 7.16. The lowest BCUT2D eigenvalue weighted by molar-refractivity contribution is 0.242. The minimum absolute atomic E-state index is 0.0544. The Balaban J connectivity index is 1.44. The Hall–Kier alpha value is -1.69. The maximum atomic E-state index is 14.5. The average Bonchev–Trinajstić information content (AvgIpc) is 2.76. The van der Waals surface area contributed by atoms with Gasteiger partial charge in [0, 0.05) is 5.92 Å². The SMILES string of the molecule is CCCc1ccc(F)c(C#CC2CCC(CCC3CCC(/C=C/F)CC3)CC2)c1F. The first-order valence-corrected chi connectivity index (χ1v) is 11.9. The summed E-state index contributed by atoms with van der Waals surface area (Å²) >= 11 is 0. The molecule has 1 aromatic carbocycles. The number of benzene rings is 1. The van der Waals surface area contributed by atoms with Crippen molar-refractivity contribution in [3.63, 3.8) is 0 Å². The Morgan fingerprint density at radius 1 is 0.933 bits per heavy atom. The van der Waals surface area contributed by atoms with Crippen LogP contribution in [-0.2, 0) is 6.42 Å². The third kappa shape index (κ3) is 6.40. The van der Waals surface area contributed by atoms with Crippen molar-refractivity contribution in [3.8, 4) is 11.8 Å². The fourth-order valence-electron chi connectivity index (χ4n) is 5.19. The second-order valence-corrected chi connectivity index (χ2v) is 9.31. The zero-order chi connectivity index (χ0) is 21.3. The molecule has 0 unspecified atom stereocenters. The van der Waals surface area contributed by atoms with Crippen molar-refractivity contribution in [2.24, 2.45) is 23.7 Å². The molecular formula is C27H35F3. The summed E-state index contributed by atoms with van der Waals surface area (Å²) in [7, 11) is 0. The zero-order valence-corrected chi connectivity index (χ0v) is 18.2. The van der Waals surface area contributed by atoms with Crippen LogP contribution < -0.4 is 0 Å². The molecule has 3 heteroatoms. The molecule has 0 N–H and O–H groups in total. The Morgan fingerprint density at radius 2 is 1.57 bits per heavy atom. The van der Waals surface area contributed by atoms with Crippen LogP contribution in [0.5, 0.6) is 0 Å². The van der Waals surface area contributed by atoms with Gasteiger partial charge in [0.2, 0.25) is 0 Å². The van der Waals surface area contributed by atoms with Gasteiger partial charge >= 0.3 is 0 Å². The van der Waals surface area contributed by atoms with Crippen molar-refractivity contribution in [2.75, 3.05) is 0 Å². The largest absolute Gasteiger partial charge is 0.216 e. The van der Waals surface area contributed by atoms with Crippen LogP contribution in [0.25, 0.3) is 0 Å². The quantitative estimate of drug-likeness (QED) is 0.411. The number of halogens is 3. The molecule has 3 rings (SSSR count). The Bertz CT molecular complexity index is 754. The lowest BCUT2D eigenvalue weighted by Gasteiger charge is -2.30. The van der Waals surface area contributed by atoms with Crippen molar-refractivity contribution >= 4 is 0 Å². The number of hydrogen-bond acceptors (Lipinski definition) is 0. The summed E-state index contributed by atoms with van der Waals surface area (Å²) in [6, 6.07) is 2.88. The predicted molar refractivity (Wildman–Crippen MR) is 118 cm³/mol. The van der Waals surface area contributed by atoms with Crippen molar-refractivity contribution in [1.29, 1.82) is 0 Å².